The fourth-order valence-corrected chi connectivity index (χ4v) is 3.82. The lowest BCUT2D eigenvalue weighted by Gasteiger charge is -2.28. The molecule has 0 spiro atoms. The summed E-state index contributed by atoms with van der Waals surface area (Å²) in [7, 11) is 0. The topological polar surface area (TPSA) is 32.8 Å². The van der Waals surface area contributed by atoms with E-state index in [1.165, 1.54) is 23.9 Å². The molecule has 128 valence electrons. The van der Waals surface area contributed by atoms with Crippen molar-refractivity contribution in [1.29, 1.82) is 0 Å². The van der Waals surface area contributed by atoms with E-state index in [0.29, 0.717) is 34.5 Å². The van der Waals surface area contributed by atoms with E-state index in [2.05, 4.69) is 4.90 Å². The summed E-state index contributed by atoms with van der Waals surface area (Å²) in [5, 5.41) is 0. The molecule has 0 saturated carbocycles. The molecule has 2 aliphatic rings. The maximum Gasteiger partial charge on any atom is 0.266 e. The van der Waals surface area contributed by atoms with Crippen LogP contribution >= 0.6 is 24.0 Å². The van der Waals surface area contributed by atoms with Gasteiger partial charge < -0.3 is 4.74 Å². The summed E-state index contributed by atoms with van der Waals surface area (Å²) in [5.74, 6) is -2.04. The average Bonchev–Trinajstić information content (AvgIpc) is 2.84. The molecular formula is C16H16F2N2O2S2. The minimum atomic E-state index is -0.938. The first kappa shape index (κ1) is 17.5. The maximum absolute atomic E-state index is 13.3. The van der Waals surface area contributed by atoms with Gasteiger partial charge in [-0.15, -0.1) is 0 Å². The zero-order chi connectivity index (χ0) is 17.1. The minimum Gasteiger partial charge on any atom is -0.379 e. The number of carbonyl (C=O) groups excluding carboxylic acids is 1. The van der Waals surface area contributed by atoms with E-state index in [4.69, 9.17) is 17.0 Å². The van der Waals surface area contributed by atoms with Crippen molar-refractivity contribution in [1.82, 2.24) is 9.80 Å². The summed E-state index contributed by atoms with van der Waals surface area (Å²) >= 11 is 6.46. The summed E-state index contributed by atoms with van der Waals surface area (Å²) in [6, 6.07) is 3.54. The quantitative estimate of drug-likeness (QED) is 0.601. The van der Waals surface area contributed by atoms with Gasteiger partial charge in [0.15, 0.2) is 11.6 Å². The molecule has 1 aromatic rings. The molecule has 0 atom stereocenters. The zero-order valence-electron chi connectivity index (χ0n) is 12.8. The molecule has 2 fully saturated rings. The molecule has 2 heterocycles. The van der Waals surface area contributed by atoms with Crippen molar-refractivity contribution in [3.05, 3.63) is 40.3 Å². The van der Waals surface area contributed by atoms with Crippen molar-refractivity contribution in [2.75, 3.05) is 39.4 Å². The van der Waals surface area contributed by atoms with Gasteiger partial charge in [0.2, 0.25) is 0 Å². The highest BCUT2D eigenvalue weighted by molar-refractivity contribution is 8.26. The predicted molar refractivity (Wildman–Crippen MR) is 93.5 cm³/mol. The predicted octanol–water partition coefficient (Wildman–Crippen LogP) is 2.50. The van der Waals surface area contributed by atoms with E-state index in [9.17, 15) is 13.6 Å². The summed E-state index contributed by atoms with van der Waals surface area (Å²) in [4.78, 5) is 16.7. The van der Waals surface area contributed by atoms with Crippen LogP contribution in [0.25, 0.3) is 6.08 Å². The Morgan fingerprint density at radius 3 is 2.67 bits per heavy atom. The normalized spacial score (nSPS) is 21.1. The Labute approximate surface area is 148 Å². The first-order valence-corrected chi connectivity index (χ1v) is 8.77. The molecular weight excluding hydrogens is 354 g/mol. The van der Waals surface area contributed by atoms with E-state index < -0.39 is 11.6 Å². The second-order valence-corrected chi connectivity index (χ2v) is 7.14. The van der Waals surface area contributed by atoms with Crippen LogP contribution in [0.5, 0.6) is 0 Å². The lowest BCUT2D eigenvalue weighted by atomic mass is 10.2. The number of morpholine rings is 1. The monoisotopic (exact) mass is 370 g/mol. The number of nitrogens with zero attached hydrogens (tertiary/aromatic N) is 2. The number of amides is 1. The van der Waals surface area contributed by atoms with Gasteiger partial charge in [-0.3, -0.25) is 14.6 Å². The molecule has 2 saturated heterocycles. The molecule has 24 heavy (non-hydrogen) atoms. The molecule has 3 rings (SSSR count). The Morgan fingerprint density at radius 2 is 1.96 bits per heavy atom. The largest absolute Gasteiger partial charge is 0.379 e. The summed E-state index contributed by atoms with van der Waals surface area (Å²) in [6.45, 7) is 4.34. The van der Waals surface area contributed by atoms with Gasteiger partial charge in [-0.25, -0.2) is 8.78 Å². The standard InChI is InChI=1S/C16H16F2N2O2S2/c17-12-2-1-11(9-13(12)18)10-14-15(21)20(16(23)24-14)4-3-19-5-7-22-8-6-19/h1-2,9-10H,3-8H2/b14-10+. The van der Waals surface area contributed by atoms with Crippen molar-refractivity contribution >= 4 is 40.3 Å². The van der Waals surface area contributed by atoms with Crippen LogP contribution in [0.1, 0.15) is 5.56 Å². The molecule has 0 N–H and O–H groups in total. The van der Waals surface area contributed by atoms with Crippen LogP contribution in [0, 0.1) is 11.6 Å². The molecule has 8 heteroatoms. The van der Waals surface area contributed by atoms with Gasteiger partial charge in [0, 0.05) is 26.2 Å². The van der Waals surface area contributed by atoms with E-state index in [-0.39, 0.29) is 5.91 Å². The van der Waals surface area contributed by atoms with Gasteiger partial charge in [0.05, 0.1) is 18.1 Å². The lowest BCUT2D eigenvalue weighted by molar-refractivity contribution is -0.122. The van der Waals surface area contributed by atoms with Crippen LogP contribution in [-0.2, 0) is 9.53 Å². The lowest BCUT2D eigenvalue weighted by Crippen LogP contribution is -2.42. The maximum atomic E-state index is 13.3. The van der Waals surface area contributed by atoms with Gasteiger partial charge >= 0.3 is 0 Å². The molecule has 4 nitrogen and oxygen atoms in total. The number of carbonyl (C=O) groups is 1. The SMILES string of the molecule is O=C1/C(=C\c2ccc(F)c(F)c2)SC(=S)N1CCN1CCOCC1. The van der Waals surface area contributed by atoms with E-state index >= 15 is 0 Å². The zero-order valence-corrected chi connectivity index (χ0v) is 14.5. The fraction of sp³-hybridized carbons (Fsp3) is 0.375. The van der Waals surface area contributed by atoms with E-state index in [1.807, 2.05) is 0 Å². The molecule has 0 aromatic heterocycles. The number of ether oxygens (including phenoxy) is 1. The highest BCUT2D eigenvalue weighted by Gasteiger charge is 2.32. The first-order valence-electron chi connectivity index (χ1n) is 7.55. The fourth-order valence-electron chi connectivity index (χ4n) is 2.51. The Balaban J connectivity index is 1.66. The molecule has 1 aromatic carbocycles. The van der Waals surface area contributed by atoms with E-state index in [1.54, 1.807) is 4.90 Å². The first-order chi connectivity index (χ1) is 11.5. The molecule has 2 aliphatic heterocycles. The molecule has 0 radical (unpaired) electrons. The Hall–Kier alpha value is -1.35. The van der Waals surface area contributed by atoms with Crippen LogP contribution in [-0.4, -0.2) is 59.4 Å². The highest BCUT2D eigenvalue weighted by Crippen LogP contribution is 2.32. The van der Waals surface area contributed by atoms with Gasteiger partial charge in [-0.1, -0.05) is 30.0 Å². The molecule has 0 bridgehead atoms. The third kappa shape index (κ3) is 4.00. The van der Waals surface area contributed by atoms with Crippen molar-refractivity contribution in [3.63, 3.8) is 0 Å². The number of rotatable bonds is 4. The van der Waals surface area contributed by atoms with Crippen molar-refractivity contribution in [2.24, 2.45) is 0 Å². The van der Waals surface area contributed by atoms with Gasteiger partial charge in [0.25, 0.3) is 5.91 Å². The number of hydrogen-bond donors (Lipinski definition) is 0. The molecule has 0 unspecified atom stereocenters. The second-order valence-electron chi connectivity index (χ2n) is 5.46. The highest BCUT2D eigenvalue weighted by atomic mass is 32.2. The van der Waals surface area contributed by atoms with Crippen molar-refractivity contribution in [3.8, 4) is 0 Å². The number of hydrogen-bond acceptors (Lipinski definition) is 5. The third-order valence-electron chi connectivity index (χ3n) is 3.86. The van der Waals surface area contributed by atoms with Crippen LogP contribution < -0.4 is 0 Å². The van der Waals surface area contributed by atoms with Crippen LogP contribution in [0.3, 0.4) is 0 Å². The third-order valence-corrected chi connectivity index (χ3v) is 5.24. The second kappa shape index (κ2) is 7.69. The van der Waals surface area contributed by atoms with Crippen LogP contribution in [0.15, 0.2) is 23.1 Å². The van der Waals surface area contributed by atoms with Gasteiger partial charge in [-0.05, 0) is 23.8 Å². The van der Waals surface area contributed by atoms with Crippen molar-refractivity contribution in [2.45, 2.75) is 0 Å². The summed E-state index contributed by atoms with van der Waals surface area (Å²) in [6.07, 6.45) is 1.54. The Kier molecular flexibility index (Phi) is 5.60. The number of thiocarbonyl (C=S) groups is 1. The van der Waals surface area contributed by atoms with Crippen molar-refractivity contribution < 1.29 is 18.3 Å². The van der Waals surface area contributed by atoms with Crippen LogP contribution in [0.4, 0.5) is 8.78 Å². The molecule has 1 amide bonds. The van der Waals surface area contributed by atoms with E-state index in [0.717, 1.165) is 31.8 Å². The van der Waals surface area contributed by atoms with Gasteiger partial charge in [0.1, 0.15) is 4.32 Å². The summed E-state index contributed by atoms with van der Waals surface area (Å²) < 4.78 is 32.0. The smallest absolute Gasteiger partial charge is 0.266 e. The Morgan fingerprint density at radius 1 is 1.21 bits per heavy atom. The minimum absolute atomic E-state index is 0.192. The number of benzene rings is 1. The number of thioether (sulfide) groups is 1. The molecule has 0 aliphatic carbocycles. The van der Waals surface area contributed by atoms with Crippen LogP contribution in [0.2, 0.25) is 0 Å². The van der Waals surface area contributed by atoms with Gasteiger partial charge in [-0.2, -0.15) is 0 Å². The summed E-state index contributed by atoms with van der Waals surface area (Å²) in [5.41, 5.74) is 0.433. The average molecular weight is 370 g/mol. The Bertz CT molecular complexity index is 691. The number of halogens is 2.